The van der Waals surface area contributed by atoms with E-state index in [-0.39, 0.29) is 5.41 Å². The van der Waals surface area contributed by atoms with E-state index in [0.717, 1.165) is 17.1 Å². The summed E-state index contributed by atoms with van der Waals surface area (Å²) in [4.78, 5) is 2.53. The van der Waals surface area contributed by atoms with Gasteiger partial charge in [0.2, 0.25) is 0 Å². The summed E-state index contributed by atoms with van der Waals surface area (Å²) in [6.07, 6.45) is 0. The molecule has 14 rings (SSSR count). The normalized spacial score (nSPS) is 15.2. The van der Waals surface area contributed by atoms with Gasteiger partial charge in [0.25, 0.3) is 0 Å². The fraction of sp³-hybridized carbons (Fsp3) is 0.0769. The monoisotopic (exact) mass is 839 g/mol. The minimum absolute atomic E-state index is 0.154. The lowest BCUT2D eigenvalue weighted by Crippen LogP contribution is -2.43. The number of hydrogen-bond acceptors (Lipinski definition) is 1. The molecule has 1 nitrogen and oxygen atoms in total. The van der Waals surface area contributed by atoms with Gasteiger partial charge in [-0.05, 0) is 125 Å². The number of rotatable bonds is 4. The van der Waals surface area contributed by atoms with Crippen LogP contribution in [0.15, 0.2) is 237 Å². The average molecular weight is 840 g/mol. The molecule has 0 saturated heterocycles. The summed E-state index contributed by atoms with van der Waals surface area (Å²) in [7, 11) is 0. The summed E-state index contributed by atoms with van der Waals surface area (Å²) < 4.78 is 0. The number of nitrogens with zero attached hydrogens (tertiary/aromatic N) is 1. The first kappa shape index (κ1) is 37.4. The molecule has 0 radical (unpaired) electrons. The Morgan fingerprint density at radius 2 is 0.591 bits per heavy atom. The third kappa shape index (κ3) is 4.64. The van der Waals surface area contributed by atoms with Crippen molar-refractivity contribution in [3.63, 3.8) is 0 Å². The first-order valence-corrected chi connectivity index (χ1v) is 23.3. The minimum atomic E-state index is -0.598. The van der Waals surface area contributed by atoms with Crippen molar-refractivity contribution in [2.24, 2.45) is 0 Å². The van der Waals surface area contributed by atoms with Gasteiger partial charge in [-0.1, -0.05) is 220 Å². The second-order valence-electron chi connectivity index (χ2n) is 19.1. The number of hydrogen-bond donors (Lipinski definition) is 0. The van der Waals surface area contributed by atoms with Gasteiger partial charge < -0.3 is 4.90 Å². The van der Waals surface area contributed by atoms with Gasteiger partial charge in [0, 0.05) is 22.4 Å². The fourth-order valence-electron chi connectivity index (χ4n) is 13.2. The van der Waals surface area contributed by atoms with Gasteiger partial charge in [-0.2, -0.15) is 0 Å². The maximum Gasteiger partial charge on any atom is 0.0720 e. The Morgan fingerprint density at radius 3 is 1.09 bits per heavy atom. The molecule has 0 aliphatic heterocycles. The molecule has 66 heavy (non-hydrogen) atoms. The van der Waals surface area contributed by atoms with E-state index in [1.165, 1.54) is 100 Å². The van der Waals surface area contributed by atoms with Crippen LogP contribution in [0.1, 0.15) is 69.5 Å². The highest BCUT2D eigenvalue weighted by atomic mass is 15.1. The largest absolute Gasteiger partial charge is 0.310 e. The van der Waals surface area contributed by atoms with Crippen molar-refractivity contribution in [2.75, 3.05) is 4.90 Å². The Balaban J connectivity index is 1.07. The van der Waals surface area contributed by atoms with Crippen LogP contribution in [0, 0.1) is 0 Å². The maximum absolute atomic E-state index is 2.55. The maximum atomic E-state index is 2.55. The highest BCUT2D eigenvalue weighted by Crippen LogP contribution is 2.68. The van der Waals surface area contributed by atoms with Crippen LogP contribution in [0.2, 0.25) is 0 Å². The molecular weight excluding hydrogens is 795 g/mol. The van der Waals surface area contributed by atoms with E-state index in [9.17, 15) is 0 Å². The highest BCUT2D eigenvalue weighted by Gasteiger charge is 2.59. The molecular formula is C65H45N. The summed E-state index contributed by atoms with van der Waals surface area (Å²) in [5, 5.41) is 0. The van der Waals surface area contributed by atoms with Crippen LogP contribution in [-0.4, -0.2) is 0 Å². The Hall–Kier alpha value is -8.00. The van der Waals surface area contributed by atoms with Gasteiger partial charge in [-0.25, -0.2) is 0 Å². The number of anilines is 3. The van der Waals surface area contributed by atoms with Crippen molar-refractivity contribution < 1.29 is 0 Å². The molecule has 0 unspecified atom stereocenters. The lowest BCUT2D eigenvalue weighted by molar-refractivity contribution is 0.633. The van der Waals surface area contributed by atoms with Crippen LogP contribution in [0.4, 0.5) is 17.1 Å². The van der Waals surface area contributed by atoms with Crippen LogP contribution in [0.25, 0.3) is 44.5 Å². The highest BCUT2D eigenvalue weighted by molar-refractivity contribution is 5.96. The van der Waals surface area contributed by atoms with Crippen LogP contribution >= 0.6 is 0 Å². The summed E-state index contributed by atoms with van der Waals surface area (Å²) in [6.45, 7) is 4.76. The van der Waals surface area contributed by atoms with Crippen molar-refractivity contribution in [3.8, 4) is 44.5 Å². The van der Waals surface area contributed by atoms with E-state index in [0.29, 0.717) is 0 Å². The first-order chi connectivity index (χ1) is 32.5. The van der Waals surface area contributed by atoms with Crippen LogP contribution in [0.3, 0.4) is 0 Å². The smallest absolute Gasteiger partial charge is 0.0720 e. The van der Waals surface area contributed by atoms with Gasteiger partial charge in [-0.3, -0.25) is 0 Å². The van der Waals surface area contributed by atoms with Crippen LogP contribution < -0.4 is 4.90 Å². The van der Waals surface area contributed by atoms with Crippen molar-refractivity contribution in [1.82, 2.24) is 0 Å². The molecule has 10 aromatic carbocycles. The molecule has 310 valence electrons. The van der Waals surface area contributed by atoms with Crippen LogP contribution in [-0.2, 0) is 16.2 Å². The molecule has 0 heterocycles. The Bertz CT molecular complexity index is 3550. The van der Waals surface area contributed by atoms with E-state index in [2.05, 4.69) is 255 Å². The molecule has 4 aliphatic rings. The third-order valence-corrected chi connectivity index (χ3v) is 15.8. The van der Waals surface area contributed by atoms with Crippen molar-refractivity contribution in [3.05, 3.63) is 292 Å². The zero-order valence-electron chi connectivity index (χ0n) is 37.0. The van der Waals surface area contributed by atoms with E-state index in [1.807, 2.05) is 0 Å². The predicted octanol–water partition coefficient (Wildman–Crippen LogP) is 16.2. The summed E-state index contributed by atoms with van der Waals surface area (Å²) >= 11 is 0. The van der Waals surface area contributed by atoms with Gasteiger partial charge in [0.15, 0.2) is 0 Å². The van der Waals surface area contributed by atoms with Gasteiger partial charge in [-0.15, -0.1) is 0 Å². The lowest BCUT2D eigenvalue weighted by atomic mass is 9.52. The lowest BCUT2D eigenvalue weighted by Gasteiger charge is -2.49. The van der Waals surface area contributed by atoms with Crippen molar-refractivity contribution in [2.45, 2.75) is 30.1 Å². The molecule has 0 bridgehead atoms. The molecule has 4 aliphatic carbocycles. The molecule has 0 saturated carbocycles. The minimum Gasteiger partial charge on any atom is -0.310 e. The SMILES string of the molecule is CC1(C)c2ccccc2-c2ccc(N(c3ccc4c(c3)C3(c5ccccc5-4)c4ccccc4C4(c5ccccc5-c5ccccc54)c4ccccc43)c3ccccc3-c3ccccc3)cc21. The standard InChI is InChI=1S/C65H45N/c1-63(2)52-27-11-6-23-46(52)50-38-36-43(40-60(50)63)66(62-35-19-10-22-45(62)42-20-4-3-5-21-42)44-37-39-51-49-26-9-14-30-55(49)65(61(51)41-44)58-33-17-15-31-56(58)64(57-32-16-18-34-59(57)65)53-28-12-7-24-47(53)48-25-8-13-29-54(48)64/h3-41H,1-2H3. The summed E-state index contributed by atoms with van der Waals surface area (Å²) in [5.74, 6) is 0. The second-order valence-corrected chi connectivity index (χ2v) is 19.1. The van der Waals surface area contributed by atoms with Gasteiger partial charge in [0.05, 0.1) is 16.5 Å². The van der Waals surface area contributed by atoms with Gasteiger partial charge >= 0.3 is 0 Å². The molecule has 0 N–H and O–H groups in total. The summed E-state index contributed by atoms with van der Waals surface area (Å²) in [6, 6.07) is 89.6. The van der Waals surface area contributed by atoms with E-state index in [1.54, 1.807) is 0 Å². The fourth-order valence-corrected chi connectivity index (χ4v) is 13.2. The molecule has 2 spiro atoms. The van der Waals surface area contributed by atoms with E-state index in [4.69, 9.17) is 0 Å². The summed E-state index contributed by atoms with van der Waals surface area (Å²) in [5.41, 5.74) is 25.9. The molecule has 0 amide bonds. The average Bonchev–Trinajstić information content (AvgIpc) is 3.93. The molecule has 0 fully saturated rings. The second kappa shape index (κ2) is 13.5. The third-order valence-electron chi connectivity index (χ3n) is 15.8. The number of para-hydroxylation sites is 1. The molecule has 0 aromatic heterocycles. The zero-order chi connectivity index (χ0) is 43.8. The molecule has 10 aromatic rings. The first-order valence-electron chi connectivity index (χ1n) is 23.3. The van der Waals surface area contributed by atoms with Crippen molar-refractivity contribution in [1.29, 1.82) is 0 Å². The van der Waals surface area contributed by atoms with Gasteiger partial charge in [0.1, 0.15) is 0 Å². The van der Waals surface area contributed by atoms with E-state index < -0.39 is 10.8 Å². The molecule has 1 heteroatoms. The Labute approximate surface area is 387 Å². The number of fused-ring (bicyclic) bond motifs is 19. The molecule has 0 atom stereocenters. The Morgan fingerprint density at radius 1 is 0.258 bits per heavy atom. The Kier molecular flexibility index (Phi) is 7.66. The quantitative estimate of drug-likeness (QED) is 0.171. The van der Waals surface area contributed by atoms with Crippen LogP contribution in [0.5, 0.6) is 0 Å². The van der Waals surface area contributed by atoms with E-state index >= 15 is 0 Å². The number of benzene rings is 10. The zero-order valence-corrected chi connectivity index (χ0v) is 37.0. The van der Waals surface area contributed by atoms with Crippen molar-refractivity contribution >= 4 is 17.1 Å². The topological polar surface area (TPSA) is 3.24 Å². The predicted molar refractivity (Wildman–Crippen MR) is 272 cm³/mol.